The van der Waals surface area contributed by atoms with Gasteiger partial charge in [0.2, 0.25) is 0 Å². The molecule has 24 heavy (non-hydrogen) atoms. The molecule has 0 spiro atoms. The SMILES string of the molecule is CCCCCCCC/C=C(\C)CCCCCCCCCCCCC. The van der Waals surface area contributed by atoms with Gasteiger partial charge in [-0.2, -0.15) is 0 Å². The van der Waals surface area contributed by atoms with Gasteiger partial charge in [-0.25, -0.2) is 0 Å². The van der Waals surface area contributed by atoms with E-state index in [2.05, 4.69) is 26.8 Å². The Bertz CT molecular complexity index is 251. The molecule has 0 rings (SSSR count). The van der Waals surface area contributed by atoms with Crippen LogP contribution in [0.5, 0.6) is 0 Å². The van der Waals surface area contributed by atoms with Gasteiger partial charge in [0.15, 0.2) is 0 Å². The number of unbranched alkanes of at least 4 members (excludes halogenated alkanes) is 16. The minimum Gasteiger partial charge on any atom is -0.0856 e. The quantitative estimate of drug-likeness (QED) is 0.163. The Hall–Kier alpha value is -0.260. The fourth-order valence-corrected chi connectivity index (χ4v) is 3.44. The summed E-state index contributed by atoms with van der Waals surface area (Å²) >= 11 is 0. The molecule has 0 aromatic heterocycles. The molecule has 0 saturated carbocycles. The zero-order valence-electron chi connectivity index (χ0n) is 17.5. The molecule has 144 valence electrons. The topological polar surface area (TPSA) is 0 Å². The average Bonchev–Trinajstić information content (AvgIpc) is 2.59. The molecule has 0 atom stereocenters. The van der Waals surface area contributed by atoms with E-state index in [0.717, 1.165) is 0 Å². The smallest absolute Gasteiger partial charge is 0.0323 e. The monoisotopic (exact) mass is 336 g/mol. The Balaban J connectivity index is 3.21. The van der Waals surface area contributed by atoms with E-state index in [1.807, 2.05) is 0 Å². The van der Waals surface area contributed by atoms with Crippen LogP contribution in [0, 0.1) is 0 Å². The van der Waals surface area contributed by atoms with Crippen molar-refractivity contribution in [2.45, 2.75) is 143 Å². The van der Waals surface area contributed by atoms with Crippen molar-refractivity contribution in [1.29, 1.82) is 0 Å². The van der Waals surface area contributed by atoms with Crippen LogP contribution in [-0.4, -0.2) is 0 Å². The van der Waals surface area contributed by atoms with Gasteiger partial charge in [-0.05, 0) is 32.6 Å². The van der Waals surface area contributed by atoms with Crippen molar-refractivity contribution >= 4 is 0 Å². The fourth-order valence-electron chi connectivity index (χ4n) is 3.44. The summed E-state index contributed by atoms with van der Waals surface area (Å²) in [7, 11) is 0. The lowest BCUT2D eigenvalue weighted by Crippen LogP contribution is -1.84. The Labute approximate surface area is 154 Å². The van der Waals surface area contributed by atoms with Gasteiger partial charge >= 0.3 is 0 Å². The predicted molar refractivity (Wildman–Crippen MR) is 113 cm³/mol. The molecule has 0 heterocycles. The summed E-state index contributed by atoms with van der Waals surface area (Å²) in [6, 6.07) is 0. The van der Waals surface area contributed by atoms with E-state index in [1.165, 1.54) is 122 Å². The summed E-state index contributed by atoms with van der Waals surface area (Å²) in [5.74, 6) is 0. The van der Waals surface area contributed by atoms with E-state index in [0.29, 0.717) is 0 Å². The zero-order chi connectivity index (χ0) is 17.7. The maximum absolute atomic E-state index is 2.51. The number of allylic oxidation sites excluding steroid dienone is 2. The van der Waals surface area contributed by atoms with Crippen molar-refractivity contribution in [2.24, 2.45) is 0 Å². The Morgan fingerprint density at radius 3 is 1.33 bits per heavy atom. The maximum atomic E-state index is 2.51. The third-order valence-corrected chi connectivity index (χ3v) is 5.23. The summed E-state index contributed by atoms with van der Waals surface area (Å²) in [5.41, 5.74) is 1.64. The highest BCUT2D eigenvalue weighted by molar-refractivity contribution is 4.97. The second kappa shape index (κ2) is 20.8. The highest BCUT2D eigenvalue weighted by Crippen LogP contribution is 2.15. The van der Waals surface area contributed by atoms with Gasteiger partial charge in [0.1, 0.15) is 0 Å². The zero-order valence-corrected chi connectivity index (χ0v) is 17.5. The molecule has 0 aliphatic carbocycles. The maximum Gasteiger partial charge on any atom is -0.0323 e. The normalized spacial score (nSPS) is 12.0. The van der Waals surface area contributed by atoms with E-state index >= 15 is 0 Å². The number of hydrogen-bond acceptors (Lipinski definition) is 0. The van der Waals surface area contributed by atoms with Crippen LogP contribution in [0.2, 0.25) is 0 Å². The van der Waals surface area contributed by atoms with Crippen LogP contribution in [0.4, 0.5) is 0 Å². The standard InChI is InChI=1S/C24H48/c1-4-6-8-10-12-13-14-15-17-19-21-23-24(3)22-20-18-16-11-9-7-5-2/h22H,4-21,23H2,1-3H3/b24-22+. The first-order valence-corrected chi connectivity index (χ1v) is 11.5. The molecule has 0 nitrogen and oxygen atoms in total. The molecule has 0 heteroatoms. The van der Waals surface area contributed by atoms with Gasteiger partial charge in [0, 0.05) is 0 Å². The van der Waals surface area contributed by atoms with Gasteiger partial charge in [0.05, 0.1) is 0 Å². The molecular weight excluding hydrogens is 288 g/mol. The third-order valence-electron chi connectivity index (χ3n) is 5.23. The largest absolute Gasteiger partial charge is 0.0856 e. The summed E-state index contributed by atoms with van der Waals surface area (Å²) in [5, 5.41) is 0. The van der Waals surface area contributed by atoms with Gasteiger partial charge in [0.25, 0.3) is 0 Å². The van der Waals surface area contributed by atoms with Crippen LogP contribution >= 0.6 is 0 Å². The molecule has 0 N–H and O–H groups in total. The van der Waals surface area contributed by atoms with Gasteiger partial charge < -0.3 is 0 Å². The van der Waals surface area contributed by atoms with E-state index in [1.54, 1.807) is 5.57 Å². The summed E-state index contributed by atoms with van der Waals surface area (Å²) in [6.07, 6.45) is 29.6. The average molecular weight is 337 g/mol. The van der Waals surface area contributed by atoms with Crippen molar-refractivity contribution in [3.8, 4) is 0 Å². The Morgan fingerprint density at radius 1 is 0.500 bits per heavy atom. The van der Waals surface area contributed by atoms with Crippen LogP contribution in [0.15, 0.2) is 11.6 Å². The second-order valence-electron chi connectivity index (χ2n) is 7.89. The number of hydrogen-bond donors (Lipinski definition) is 0. The van der Waals surface area contributed by atoms with Gasteiger partial charge in [-0.1, -0.05) is 122 Å². The minimum absolute atomic E-state index is 1.32. The van der Waals surface area contributed by atoms with E-state index in [-0.39, 0.29) is 0 Å². The molecule has 0 aromatic rings. The van der Waals surface area contributed by atoms with Crippen LogP contribution in [0.3, 0.4) is 0 Å². The molecule has 0 radical (unpaired) electrons. The van der Waals surface area contributed by atoms with E-state index in [4.69, 9.17) is 0 Å². The van der Waals surface area contributed by atoms with Crippen LogP contribution in [-0.2, 0) is 0 Å². The lowest BCUT2D eigenvalue weighted by molar-refractivity contribution is 0.549. The number of rotatable bonds is 19. The van der Waals surface area contributed by atoms with Crippen molar-refractivity contribution in [1.82, 2.24) is 0 Å². The van der Waals surface area contributed by atoms with E-state index < -0.39 is 0 Å². The second-order valence-corrected chi connectivity index (χ2v) is 7.89. The molecule has 0 aliphatic heterocycles. The molecule has 0 bridgehead atoms. The summed E-state index contributed by atoms with van der Waals surface area (Å²) < 4.78 is 0. The molecule has 0 aliphatic rings. The highest BCUT2D eigenvalue weighted by atomic mass is 14.0. The molecular formula is C24H48. The Kier molecular flexibility index (Phi) is 20.6. The van der Waals surface area contributed by atoms with Gasteiger partial charge in [-0.3, -0.25) is 0 Å². The van der Waals surface area contributed by atoms with Crippen LogP contribution < -0.4 is 0 Å². The first-order valence-electron chi connectivity index (χ1n) is 11.5. The molecule has 0 amide bonds. The van der Waals surface area contributed by atoms with Crippen molar-refractivity contribution in [2.75, 3.05) is 0 Å². The van der Waals surface area contributed by atoms with Crippen molar-refractivity contribution in [3.05, 3.63) is 11.6 Å². The van der Waals surface area contributed by atoms with Crippen molar-refractivity contribution in [3.63, 3.8) is 0 Å². The third kappa shape index (κ3) is 19.8. The highest BCUT2D eigenvalue weighted by Gasteiger charge is 1.95. The first-order chi connectivity index (χ1) is 11.8. The lowest BCUT2D eigenvalue weighted by atomic mass is 10.0. The van der Waals surface area contributed by atoms with Gasteiger partial charge in [-0.15, -0.1) is 0 Å². The predicted octanol–water partition coefficient (Wildman–Crippen LogP) is 9.38. The van der Waals surface area contributed by atoms with Crippen LogP contribution in [0.1, 0.15) is 143 Å². The molecule has 0 fully saturated rings. The van der Waals surface area contributed by atoms with E-state index in [9.17, 15) is 0 Å². The van der Waals surface area contributed by atoms with Crippen LogP contribution in [0.25, 0.3) is 0 Å². The summed E-state index contributed by atoms with van der Waals surface area (Å²) in [4.78, 5) is 0. The lowest BCUT2D eigenvalue weighted by Gasteiger charge is -2.04. The summed E-state index contributed by atoms with van der Waals surface area (Å²) in [6.45, 7) is 6.93. The fraction of sp³-hybridized carbons (Fsp3) is 0.917. The first kappa shape index (κ1) is 23.7. The van der Waals surface area contributed by atoms with Crippen molar-refractivity contribution < 1.29 is 0 Å². The molecule has 0 saturated heterocycles. The minimum atomic E-state index is 1.32. The Morgan fingerprint density at radius 2 is 0.875 bits per heavy atom. The molecule has 0 aromatic carbocycles. The molecule has 0 unspecified atom stereocenters.